The largest absolute Gasteiger partial charge is 0.345 e. The topological polar surface area (TPSA) is 29.1 Å². The van der Waals surface area contributed by atoms with E-state index < -0.39 is 17.5 Å². The molecule has 21 heavy (non-hydrogen) atoms. The van der Waals surface area contributed by atoms with Gasteiger partial charge in [0, 0.05) is 5.02 Å². The maximum absolute atomic E-state index is 13.6. The van der Waals surface area contributed by atoms with E-state index in [0.717, 1.165) is 11.6 Å². The quantitative estimate of drug-likeness (QED) is 0.885. The van der Waals surface area contributed by atoms with Crippen molar-refractivity contribution >= 4 is 17.5 Å². The molecule has 0 heterocycles. The van der Waals surface area contributed by atoms with Crippen molar-refractivity contribution in [2.24, 2.45) is 0 Å². The highest BCUT2D eigenvalue weighted by Crippen LogP contribution is 2.21. The molecule has 2 aromatic carbocycles. The van der Waals surface area contributed by atoms with Crippen LogP contribution in [0.1, 0.15) is 35.3 Å². The summed E-state index contributed by atoms with van der Waals surface area (Å²) in [5.41, 5.74) is 0.505. The number of hydrogen-bond acceptors (Lipinski definition) is 1. The molecule has 0 saturated carbocycles. The van der Waals surface area contributed by atoms with E-state index in [1.807, 2.05) is 13.0 Å². The van der Waals surface area contributed by atoms with Gasteiger partial charge in [0.05, 0.1) is 11.6 Å². The molecule has 110 valence electrons. The molecule has 1 amide bonds. The zero-order chi connectivity index (χ0) is 15.4. The molecule has 0 aliphatic rings. The molecule has 2 rings (SSSR count). The molecule has 2 nitrogen and oxygen atoms in total. The maximum atomic E-state index is 13.6. The van der Waals surface area contributed by atoms with Gasteiger partial charge in [0.15, 0.2) is 11.6 Å². The Labute approximate surface area is 126 Å². The van der Waals surface area contributed by atoms with Gasteiger partial charge in [0.25, 0.3) is 5.91 Å². The Hall–Kier alpha value is -1.94. The molecular formula is C16H14ClF2NO. The highest BCUT2D eigenvalue weighted by molar-refractivity contribution is 6.30. The molecule has 0 aliphatic heterocycles. The minimum absolute atomic E-state index is 0.310. The zero-order valence-electron chi connectivity index (χ0n) is 11.4. The van der Waals surface area contributed by atoms with E-state index in [2.05, 4.69) is 5.32 Å². The first-order chi connectivity index (χ1) is 10.0. The second-order valence-corrected chi connectivity index (χ2v) is 5.03. The van der Waals surface area contributed by atoms with Crippen LogP contribution in [-0.4, -0.2) is 5.91 Å². The third-order valence-corrected chi connectivity index (χ3v) is 3.40. The van der Waals surface area contributed by atoms with Crippen LogP contribution >= 0.6 is 11.6 Å². The van der Waals surface area contributed by atoms with Gasteiger partial charge >= 0.3 is 0 Å². The summed E-state index contributed by atoms with van der Waals surface area (Å²) in [6.07, 6.45) is 0.600. The molecule has 1 unspecified atom stereocenters. The molecule has 5 heteroatoms. The first-order valence-corrected chi connectivity index (χ1v) is 6.91. The first-order valence-electron chi connectivity index (χ1n) is 6.53. The summed E-state index contributed by atoms with van der Waals surface area (Å²) in [5, 5.41) is 3.24. The second kappa shape index (κ2) is 6.68. The van der Waals surface area contributed by atoms with Crippen molar-refractivity contribution in [3.63, 3.8) is 0 Å². The summed E-state index contributed by atoms with van der Waals surface area (Å²) in [4.78, 5) is 12.1. The number of benzene rings is 2. The average Bonchev–Trinajstić information content (AvgIpc) is 2.47. The summed E-state index contributed by atoms with van der Waals surface area (Å²) >= 11 is 5.92. The van der Waals surface area contributed by atoms with Crippen molar-refractivity contribution in [2.75, 3.05) is 0 Å². The lowest BCUT2D eigenvalue weighted by atomic mass is 10.0. The lowest BCUT2D eigenvalue weighted by Gasteiger charge is -2.18. The molecular weight excluding hydrogens is 296 g/mol. The van der Waals surface area contributed by atoms with Crippen LogP contribution in [0, 0.1) is 11.6 Å². The Morgan fingerprint density at radius 2 is 1.95 bits per heavy atom. The number of amides is 1. The number of hydrogen-bond donors (Lipinski definition) is 1. The molecule has 0 spiro atoms. The summed E-state index contributed by atoms with van der Waals surface area (Å²) in [6.45, 7) is 1.88. The SMILES string of the molecule is CCC(NC(=O)c1cccc(F)c1F)c1cccc(Cl)c1. The Morgan fingerprint density at radius 1 is 1.24 bits per heavy atom. The van der Waals surface area contributed by atoms with Crippen molar-refractivity contribution in [3.8, 4) is 0 Å². The van der Waals surface area contributed by atoms with E-state index >= 15 is 0 Å². The number of carbonyl (C=O) groups is 1. The van der Waals surface area contributed by atoms with Crippen LogP contribution in [0.4, 0.5) is 8.78 Å². The van der Waals surface area contributed by atoms with Gasteiger partial charge in [-0.25, -0.2) is 8.78 Å². The van der Waals surface area contributed by atoms with Crippen LogP contribution < -0.4 is 5.32 Å². The van der Waals surface area contributed by atoms with E-state index in [1.165, 1.54) is 12.1 Å². The van der Waals surface area contributed by atoms with E-state index in [-0.39, 0.29) is 11.6 Å². The van der Waals surface area contributed by atoms with Crippen molar-refractivity contribution in [3.05, 3.63) is 70.2 Å². The molecule has 2 aromatic rings. The molecule has 0 fully saturated rings. The Balaban J connectivity index is 2.22. The standard InChI is InChI=1S/C16H14ClF2NO/c1-2-14(10-5-3-6-11(17)9-10)20-16(21)12-7-4-8-13(18)15(12)19/h3-9,14H,2H2,1H3,(H,20,21). The Morgan fingerprint density at radius 3 is 2.62 bits per heavy atom. The van der Waals surface area contributed by atoms with E-state index in [9.17, 15) is 13.6 Å². The van der Waals surface area contributed by atoms with Gasteiger partial charge in [-0.3, -0.25) is 4.79 Å². The van der Waals surface area contributed by atoms with Gasteiger partial charge in [-0.1, -0.05) is 36.7 Å². The number of halogens is 3. The minimum Gasteiger partial charge on any atom is -0.345 e. The normalized spacial score (nSPS) is 12.0. The highest BCUT2D eigenvalue weighted by atomic mass is 35.5. The fraction of sp³-hybridized carbons (Fsp3) is 0.188. The molecule has 1 atom stereocenters. The summed E-state index contributed by atoms with van der Waals surface area (Å²) < 4.78 is 26.8. The van der Waals surface area contributed by atoms with Crippen molar-refractivity contribution in [2.45, 2.75) is 19.4 Å². The lowest BCUT2D eigenvalue weighted by molar-refractivity contribution is 0.0930. The molecule has 0 aliphatic carbocycles. The predicted octanol–water partition coefficient (Wildman–Crippen LogP) is 4.50. The first kappa shape index (κ1) is 15.4. The van der Waals surface area contributed by atoms with Gasteiger partial charge < -0.3 is 5.32 Å². The molecule has 0 bridgehead atoms. The smallest absolute Gasteiger partial charge is 0.254 e. The summed E-state index contributed by atoms with van der Waals surface area (Å²) in [5.74, 6) is -2.84. The van der Waals surface area contributed by atoms with Gasteiger partial charge in [-0.2, -0.15) is 0 Å². The van der Waals surface area contributed by atoms with Gasteiger partial charge in [-0.15, -0.1) is 0 Å². The van der Waals surface area contributed by atoms with Crippen molar-refractivity contribution in [1.82, 2.24) is 5.32 Å². The van der Waals surface area contributed by atoms with E-state index in [0.29, 0.717) is 11.4 Å². The number of rotatable bonds is 4. The van der Waals surface area contributed by atoms with Gasteiger partial charge in [-0.05, 0) is 36.2 Å². The molecule has 0 saturated heterocycles. The highest BCUT2D eigenvalue weighted by Gasteiger charge is 2.19. The second-order valence-electron chi connectivity index (χ2n) is 4.59. The van der Waals surface area contributed by atoms with Crippen LogP contribution in [0.5, 0.6) is 0 Å². The monoisotopic (exact) mass is 309 g/mol. The number of nitrogens with one attached hydrogen (secondary N) is 1. The minimum atomic E-state index is -1.14. The van der Waals surface area contributed by atoms with E-state index in [1.54, 1.807) is 18.2 Å². The van der Waals surface area contributed by atoms with Gasteiger partial charge in [0.1, 0.15) is 0 Å². The van der Waals surface area contributed by atoms with Crippen LogP contribution in [-0.2, 0) is 0 Å². The fourth-order valence-corrected chi connectivity index (χ4v) is 2.26. The van der Waals surface area contributed by atoms with Crippen LogP contribution in [0.3, 0.4) is 0 Å². The molecule has 0 radical (unpaired) electrons. The van der Waals surface area contributed by atoms with Crippen LogP contribution in [0.2, 0.25) is 5.02 Å². The third-order valence-electron chi connectivity index (χ3n) is 3.16. The Bertz CT molecular complexity index is 660. The number of carbonyl (C=O) groups excluding carboxylic acids is 1. The van der Waals surface area contributed by atoms with Crippen molar-refractivity contribution in [1.29, 1.82) is 0 Å². The molecule has 0 aromatic heterocycles. The van der Waals surface area contributed by atoms with Crippen LogP contribution in [0.25, 0.3) is 0 Å². The zero-order valence-corrected chi connectivity index (χ0v) is 12.1. The maximum Gasteiger partial charge on any atom is 0.254 e. The van der Waals surface area contributed by atoms with Crippen molar-refractivity contribution < 1.29 is 13.6 Å². The predicted molar refractivity (Wildman–Crippen MR) is 78.3 cm³/mol. The Kier molecular flexibility index (Phi) is 4.91. The third kappa shape index (κ3) is 3.58. The van der Waals surface area contributed by atoms with E-state index in [4.69, 9.17) is 11.6 Å². The summed E-state index contributed by atoms with van der Waals surface area (Å²) in [7, 11) is 0. The lowest BCUT2D eigenvalue weighted by Crippen LogP contribution is -2.29. The van der Waals surface area contributed by atoms with Crippen LogP contribution in [0.15, 0.2) is 42.5 Å². The summed E-state index contributed by atoms with van der Waals surface area (Å²) in [6, 6.07) is 10.3. The molecule has 1 N–H and O–H groups in total. The fourth-order valence-electron chi connectivity index (χ4n) is 2.06. The van der Waals surface area contributed by atoms with Gasteiger partial charge in [0.2, 0.25) is 0 Å². The average molecular weight is 310 g/mol.